The van der Waals surface area contributed by atoms with Gasteiger partial charge in [0.1, 0.15) is 0 Å². The fourth-order valence-corrected chi connectivity index (χ4v) is 16.5. The van der Waals surface area contributed by atoms with Crippen molar-refractivity contribution in [1.29, 1.82) is 0 Å². The van der Waals surface area contributed by atoms with Gasteiger partial charge in [-0.3, -0.25) is 14.5 Å². The highest BCUT2D eigenvalue weighted by Crippen LogP contribution is 2.77. The van der Waals surface area contributed by atoms with Gasteiger partial charge >= 0.3 is 0 Å². The summed E-state index contributed by atoms with van der Waals surface area (Å²) >= 11 is 2.69. The number of carbonyl (C=O) groups excluding carboxylic acids is 2. The van der Waals surface area contributed by atoms with Crippen LogP contribution in [-0.4, -0.2) is 28.2 Å². The van der Waals surface area contributed by atoms with E-state index < -0.39 is 5.25 Å². The third kappa shape index (κ3) is 6.25. The minimum Gasteiger partial charge on any atom is -0.274 e. The van der Waals surface area contributed by atoms with E-state index in [1.165, 1.54) is 19.0 Å². The zero-order chi connectivity index (χ0) is 24.1. The summed E-state index contributed by atoms with van der Waals surface area (Å²) in [4.78, 5) is 28.5. The third-order valence-corrected chi connectivity index (χ3v) is 19.2. The van der Waals surface area contributed by atoms with E-state index in [4.69, 9.17) is 0 Å². The fourth-order valence-electron chi connectivity index (χ4n) is 5.28. The number of amides is 2. The lowest BCUT2D eigenvalue weighted by Gasteiger charge is -2.56. The Kier molecular flexibility index (Phi) is 12.5. The standard InChI is InChI=1S/C25H48INO2P2/c1-11-15-30-31(26)25(21(9)18(6)16(3)4,27-23(28)13-14-24(27)29)22(10)20(8)19(7)17(5)12-2/h16-22,30H,11-15H2,1-10H3. The summed E-state index contributed by atoms with van der Waals surface area (Å²) < 4.78 is 0. The molecule has 0 aromatic heterocycles. The first-order valence-electron chi connectivity index (χ1n) is 12.4. The summed E-state index contributed by atoms with van der Waals surface area (Å²) in [5.74, 6) is 3.33. The third-order valence-electron chi connectivity index (χ3n) is 8.56. The smallest absolute Gasteiger partial charge is 0.230 e. The van der Waals surface area contributed by atoms with Crippen molar-refractivity contribution in [1.82, 2.24) is 4.90 Å². The van der Waals surface area contributed by atoms with Gasteiger partial charge in [-0.05, 0) is 69.6 Å². The molecule has 0 aromatic rings. The lowest BCUT2D eigenvalue weighted by Crippen LogP contribution is -2.60. The van der Waals surface area contributed by atoms with Gasteiger partial charge in [-0.2, -0.15) is 0 Å². The first-order valence-corrected chi connectivity index (χ1v) is 18.6. The highest BCUT2D eigenvalue weighted by molar-refractivity contribution is 14.2. The molecule has 1 fully saturated rings. The minimum absolute atomic E-state index is 0.0773. The molecule has 0 spiro atoms. The lowest BCUT2D eigenvalue weighted by atomic mass is 9.68. The molecule has 0 N–H and O–H groups in total. The summed E-state index contributed by atoms with van der Waals surface area (Å²) in [6, 6.07) is 0. The molecule has 1 aliphatic heterocycles. The topological polar surface area (TPSA) is 37.4 Å². The van der Waals surface area contributed by atoms with Crippen LogP contribution in [0.15, 0.2) is 0 Å². The van der Waals surface area contributed by atoms with Crippen molar-refractivity contribution < 1.29 is 9.59 Å². The number of halogens is 1. The summed E-state index contributed by atoms with van der Waals surface area (Å²) in [5, 5.41) is -0.895. The summed E-state index contributed by atoms with van der Waals surface area (Å²) in [7, 11) is 0.822. The van der Waals surface area contributed by atoms with E-state index in [0.717, 1.165) is 8.27 Å². The van der Waals surface area contributed by atoms with Crippen LogP contribution in [0.1, 0.15) is 94.9 Å². The van der Waals surface area contributed by atoms with Gasteiger partial charge in [-0.15, -0.1) is 0 Å². The van der Waals surface area contributed by atoms with Gasteiger partial charge in [0.2, 0.25) is 11.8 Å². The van der Waals surface area contributed by atoms with Crippen molar-refractivity contribution in [2.24, 2.45) is 41.4 Å². The Hall–Kier alpha value is 0.730. The highest BCUT2D eigenvalue weighted by atomic mass is 127. The number of hydrogen-bond donors (Lipinski definition) is 0. The molecular formula is C25H48INO2P2. The SMILES string of the molecule is CCCPP(I)C(C(C)C(C)C(C)C)(C(C)C(C)C(C)C(C)CC)N1C(=O)CCC1=O. The van der Waals surface area contributed by atoms with Crippen molar-refractivity contribution in [3.05, 3.63) is 0 Å². The zero-order valence-corrected chi connectivity index (χ0v) is 25.7. The quantitative estimate of drug-likeness (QED) is 0.124. The molecule has 0 aromatic carbocycles. The van der Waals surface area contributed by atoms with E-state index in [1.54, 1.807) is 0 Å². The number of carbonyl (C=O) groups is 2. The van der Waals surface area contributed by atoms with Crippen molar-refractivity contribution in [3.8, 4) is 0 Å². The Bertz CT molecular complexity index is 586. The Labute approximate surface area is 208 Å². The molecule has 3 nitrogen and oxygen atoms in total. The van der Waals surface area contributed by atoms with E-state index in [9.17, 15) is 9.59 Å². The van der Waals surface area contributed by atoms with Gasteiger partial charge in [0, 0.05) is 18.1 Å². The first kappa shape index (κ1) is 29.8. The molecule has 31 heavy (non-hydrogen) atoms. The minimum atomic E-state index is -0.533. The monoisotopic (exact) mass is 583 g/mol. The number of hydrogen-bond acceptors (Lipinski definition) is 2. The average molecular weight is 584 g/mol. The van der Waals surface area contributed by atoms with Crippen LogP contribution in [0.3, 0.4) is 0 Å². The predicted molar refractivity (Wildman–Crippen MR) is 148 cm³/mol. The number of nitrogens with zero attached hydrogens (tertiary/aromatic N) is 1. The van der Waals surface area contributed by atoms with Crippen LogP contribution in [0.25, 0.3) is 0 Å². The molecule has 1 heterocycles. The normalized spacial score (nSPS) is 24.3. The number of rotatable bonds is 13. The molecule has 0 saturated carbocycles. The predicted octanol–water partition coefficient (Wildman–Crippen LogP) is 8.55. The van der Waals surface area contributed by atoms with Gasteiger partial charge in [0.05, 0.1) is 5.28 Å². The Morgan fingerprint density at radius 2 is 1.39 bits per heavy atom. The van der Waals surface area contributed by atoms with Gasteiger partial charge in [0.25, 0.3) is 0 Å². The summed E-state index contributed by atoms with van der Waals surface area (Å²) in [6.07, 6.45) is 4.31. The number of imide groups is 1. The van der Waals surface area contributed by atoms with E-state index >= 15 is 0 Å². The van der Waals surface area contributed by atoms with Crippen molar-refractivity contribution >= 4 is 47.4 Å². The molecule has 2 amide bonds. The molecule has 0 radical (unpaired) electrons. The van der Waals surface area contributed by atoms with E-state index in [2.05, 4.69) is 91.3 Å². The lowest BCUT2D eigenvalue weighted by molar-refractivity contribution is -0.148. The van der Waals surface area contributed by atoms with Crippen LogP contribution in [0, 0.1) is 41.4 Å². The molecule has 9 atom stereocenters. The van der Waals surface area contributed by atoms with Gasteiger partial charge in [-0.25, -0.2) is 0 Å². The molecule has 1 saturated heterocycles. The van der Waals surface area contributed by atoms with Gasteiger partial charge < -0.3 is 0 Å². The fraction of sp³-hybridized carbons (Fsp3) is 0.920. The van der Waals surface area contributed by atoms with Gasteiger partial charge in [-0.1, -0.05) is 90.3 Å². The van der Waals surface area contributed by atoms with E-state index in [-0.39, 0.29) is 28.9 Å². The second-order valence-electron chi connectivity index (χ2n) is 10.4. The van der Waals surface area contributed by atoms with E-state index in [0.29, 0.717) is 42.4 Å². The molecule has 0 bridgehead atoms. The summed E-state index contributed by atoms with van der Waals surface area (Å²) in [5.41, 5.74) is 0. The van der Waals surface area contributed by atoms with Gasteiger partial charge in [0.15, 0.2) is 0 Å². The van der Waals surface area contributed by atoms with Crippen LogP contribution in [-0.2, 0) is 9.59 Å². The maximum absolute atomic E-state index is 13.3. The Balaban J connectivity index is 3.72. The Morgan fingerprint density at radius 3 is 1.81 bits per heavy atom. The van der Waals surface area contributed by atoms with Crippen LogP contribution in [0.5, 0.6) is 0 Å². The highest BCUT2D eigenvalue weighted by Gasteiger charge is 2.59. The summed E-state index contributed by atoms with van der Waals surface area (Å²) in [6.45, 7) is 23.3. The van der Waals surface area contributed by atoms with Crippen molar-refractivity contribution in [3.63, 3.8) is 0 Å². The maximum atomic E-state index is 13.3. The molecule has 1 aliphatic rings. The van der Waals surface area contributed by atoms with Crippen molar-refractivity contribution in [2.45, 2.75) is 100 Å². The average Bonchev–Trinajstić information content (AvgIpc) is 3.08. The molecule has 0 aliphatic carbocycles. The first-order chi connectivity index (χ1) is 14.4. The molecule has 1 rings (SSSR count). The second kappa shape index (κ2) is 13.0. The molecule has 9 unspecified atom stereocenters. The second-order valence-corrected chi connectivity index (χ2v) is 20.4. The number of likely N-dealkylation sites (tertiary alicyclic amines) is 1. The zero-order valence-electron chi connectivity index (χ0n) is 21.7. The van der Waals surface area contributed by atoms with Crippen molar-refractivity contribution in [2.75, 3.05) is 6.16 Å². The van der Waals surface area contributed by atoms with Crippen LogP contribution in [0.4, 0.5) is 0 Å². The van der Waals surface area contributed by atoms with Crippen LogP contribution >= 0.6 is 35.6 Å². The Morgan fingerprint density at radius 1 is 0.903 bits per heavy atom. The molecular weight excluding hydrogens is 535 g/mol. The van der Waals surface area contributed by atoms with Crippen LogP contribution < -0.4 is 0 Å². The van der Waals surface area contributed by atoms with Crippen LogP contribution in [0.2, 0.25) is 0 Å². The maximum Gasteiger partial charge on any atom is 0.230 e. The molecule has 182 valence electrons. The van der Waals surface area contributed by atoms with E-state index in [1.807, 2.05) is 4.90 Å². The largest absolute Gasteiger partial charge is 0.274 e. The molecule has 6 heteroatoms.